The summed E-state index contributed by atoms with van der Waals surface area (Å²) < 4.78 is 11.4. The van der Waals surface area contributed by atoms with Gasteiger partial charge < -0.3 is 14.4 Å². The second-order valence-corrected chi connectivity index (χ2v) is 12.3. The number of carbonyl (C=O) groups is 1. The van der Waals surface area contributed by atoms with Crippen molar-refractivity contribution < 1.29 is 14.3 Å². The predicted octanol–water partition coefficient (Wildman–Crippen LogP) is 6.81. The number of benzene rings is 3. The van der Waals surface area contributed by atoms with Crippen LogP contribution in [0.3, 0.4) is 0 Å². The summed E-state index contributed by atoms with van der Waals surface area (Å²) in [6.45, 7) is 7.86. The van der Waals surface area contributed by atoms with E-state index in [0.29, 0.717) is 6.61 Å². The number of hydrogen-bond donors (Lipinski definition) is 0. The summed E-state index contributed by atoms with van der Waals surface area (Å²) in [6.07, 6.45) is 3.74. The summed E-state index contributed by atoms with van der Waals surface area (Å²) >= 11 is 1.99. The van der Waals surface area contributed by atoms with E-state index in [1.807, 2.05) is 37.7 Å². The van der Waals surface area contributed by atoms with Crippen LogP contribution in [-0.4, -0.2) is 43.4 Å². The Morgan fingerprint density at radius 3 is 2.50 bits per heavy atom. The van der Waals surface area contributed by atoms with Crippen molar-refractivity contribution in [2.75, 3.05) is 32.5 Å². The molecular formula is C33H39NO3S. The lowest BCUT2D eigenvalue weighted by molar-refractivity contribution is -0.146. The molecule has 0 spiro atoms. The molecular weight excluding hydrogens is 490 g/mol. The molecule has 0 amide bonds. The highest BCUT2D eigenvalue weighted by molar-refractivity contribution is 7.99. The van der Waals surface area contributed by atoms with E-state index in [0.717, 1.165) is 35.1 Å². The summed E-state index contributed by atoms with van der Waals surface area (Å²) in [6, 6.07) is 25.7. The maximum atomic E-state index is 12.6. The molecule has 200 valence electrons. The number of carbonyl (C=O) groups excluding carboxylic acids is 1. The number of rotatable bonds is 8. The number of piperidine rings is 1. The first-order chi connectivity index (χ1) is 18.5. The molecule has 0 aromatic heterocycles. The van der Waals surface area contributed by atoms with Crippen molar-refractivity contribution in [1.29, 1.82) is 0 Å². The molecule has 5 rings (SSSR count). The Labute approximate surface area is 231 Å². The van der Waals surface area contributed by atoms with Crippen LogP contribution >= 0.6 is 11.8 Å². The lowest BCUT2D eigenvalue weighted by atomic mass is 9.83. The van der Waals surface area contributed by atoms with Gasteiger partial charge in [-0.05, 0) is 86.5 Å². The number of likely N-dealkylation sites (tertiary alicyclic amines) is 1. The fourth-order valence-electron chi connectivity index (χ4n) is 5.73. The molecule has 3 aromatic rings. The van der Waals surface area contributed by atoms with Gasteiger partial charge in [0.1, 0.15) is 12.4 Å². The number of hydrogen-bond acceptors (Lipinski definition) is 5. The van der Waals surface area contributed by atoms with Gasteiger partial charge >= 0.3 is 5.97 Å². The molecule has 38 heavy (non-hydrogen) atoms. The van der Waals surface area contributed by atoms with Crippen molar-refractivity contribution in [1.82, 2.24) is 4.90 Å². The molecule has 1 unspecified atom stereocenters. The molecule has 2 aliphatic heterocycles. The number of ether oxygens (including phenoxy) is 2. The zero-order chi connectivity index (χ0) is 26.5. The SMILES string of the molecule is COC(=O)C(C)(C)c1ccc2c(c1)C(SCCN1CCC(Cc3ccccc3)CC1)c1ccccc1CO2. The van der Waals surface area contributed by atoms with E-state index in [2.05, 4.69) is 65.6 Å². The minimum absolute atomic E-state index is 0.160. The third-order valence-electron chi connectivity index (χ3n) is 8.20. The normalized spacial score (nSPS) is 18.1. The Bertz CT molecular complexity index is 1230. The lowest BCUT2D eigenvalue weighted by Gasteiger charge is -2.32. The van der Waals surface area contributed by atoms with Crippen molar-refractivity contribution in [3.63, 3.8) is 0 Å². The first-order valence-electron chi connectivity index (χ1n) is 13.8. The van der Waals surface area contributed by atoms with Crippen LogP contribution in [0, 0.1) is 5.92 Å². The molecule has 0 saturated carbocycles. The van der Waals surface area contributed by atoms with Crippen molar-refractivity contribution in [3.05, 3.63) is 101 Å². The van der Waals surface area contributed by atoms with Gasteiger partial charge in [0, 0.05) is 17.9 Å². The smallest absolute Gasteiger partial charge is 0.315 e. The molecule has 1 fully saturated rings. The van der Waals surface area contributed by atoms with Gasteiger partial charge in [-0.1, -0.05) is 60.7 Å². The Morgan fingerprint density at radius 1 is 1.00 bits per heavy atom. The predicted molar refractivity (Wildman–Crippen MR) is 156 cm³/mol. The molecule has 2 heterocycles. The highest BCUT2D eigenvalue weighted by Crippen LogP contribution is 2.45. The van der Waals surface area contributed by atoms with Crippen LogP contribution in [0.2, 0.25) is 0 Å². The topological polar surface area (TPSA) is 38.8 Å². The Balaban J connectivity index is 1.28. The van der Waals surface area contributed by atoms with E-state index in [1.54, 1.807) is 0 Å². The quantitative estimate of drug-likeness (QED) is 0.300. The number of nitrogens with zero attached hydrogens (tertiary/aromatic N) is 1. The van der Waals surface area contributed by atoms with Crippen LogP contribution in [0.1, 0.15) is 59.8 Å². The molecule has 2 aliphatic rings. The monoisotopic (exact) mass is 529 g/mol. The van der Waals surface area contributed by atoms with E-state index in [9.17, 15) is 4.79 Å². The van der Waals surface area contributed by atoms with Crippen molar-refractivity contribution in [2.45, 2.75) is 50.4 Å². The van der Waals surface area contributed by atoms with Crippen molar-refractivity contribution in [3.8, 4) is 5.75 Å². The van der Waals surface area contributed by atoms with E-state index >= 15 is 0 Å². The van der Waals surface area contributed by atoms with E-state index < -0.39 is 5.41 Å². The first-order valence-corrected chi connectivity index (χ1v) is 14.8. The van der Waals surface area contributed by atoms with E-state index in [-0.39, 0.29) is 11.2 Å². The average molecular weight is 530 g/mol. The highest BCUT2D eigenvalue weighted by Gasteiger charge is 2.33. The highest BCUT2D eigenvalue weighted by atomic mass is 32.2. The number of methoxy groups -OCH3 is 1. The minimum Gasteiger partial charge on any atom is -0.489 e. The van der Waals surface area contributed by atoms with Crippen molar-refractivity contribution in [2.24, 2.45) is 5.92 Å². The molecule has 1 atom stereocenters. The summed E-state index contributed by atoms with van der Waals surface area (Å²) in [5.41, 5.74) is 5.38. The maximum Gasteiger partial charge on any atom is 0.315 e. The molecule has 0 aliphatic carbocycles. The summed E-state index contributed by atoms with van der Waals surface area (Å²) in [7, 11) is 1.45. The zero-order valence-electron chi connectivity index (χ0n) is 22.8. The van der Waals surface area contributed by atoms with Gasteiger partial charge in [0.25, 0.3) is 0 Å². The van der Waals surface area contributed by atoms with Crippen LogP contribution in [0.5, 0.6) is 5.75 Å². The molecule has 0 bridgehead atoms. The van der Waals surface area contributed by atoms with Gasteiger partial charge in [0.05, 0.1) is 17.8 Å². The molecule has 0 radical (unpaired) electrons. The molecule has 4 nitrogen and oxygen atoms in total. The molecule has 1 saturated heterocycles. The summed E-state index contributed by atoms with van der Waals surface area (Å²) in [5, 5.41) is 0.160. The maximum absolute atomic E-state index is 12.6. The molecule has 5 heteroatoms. The second-order valence-electron chi connectivity index (χ2n) is 11.1. The minimum atomic E-state index is -0.727. The van der Waals surface area contributed by atoms with Gasteiger partial charge in [-0.25, -0.2) is 0 Å². The van der Waals surface area contributed by atoms with Crippen LogP contribution < -0.4 is 4.74 Å². The number of esters is 1. The number of fused-ring (bicyclic) bond motifs is 2. The Morgan fingerprint density at radius 2 is 1.74 bits per heavy atom. The first kappa shape index (κ1) is 26.8. The van der Waals surface area contributed by atoms with Gasteiger partial charge in [0.15, 0.2) is 0 Å². The molecule has 3 aromatic carbocycles. The van der Waals surface area contributed by atoms with Gasteiger partial charge in [-0.2, -0.15) is 0 Å². The van der Waals surface area contributed by atoms with Gasteiger partial charge in [0.2, 0.25) is 0 Å². The fourth-order valence-corrected chi connectivity index (χ4v) is 7.10. The van der Waals surface area contributed by atoms with Crippen LogP contribution in [0.4, 0.5) is 0 Å². The third-order valence-corrected chi connectivity index (χ3v) is 9.46. The molecule has 0 N–H and O–H groups in total. The third kappa shape index (κ3) is 5.94. The Hall–Kier alpha value is -2.76. The lowest BCUT2D eigenvalue weighted by Crippen LogP contribution is -2.35. The second kappa shape index (κ2) is 12.0. The van der Waals surface area contributed by atoms with Crippen LogP contribution in [-0.2, 0) is 28.0 Å². The Kier molecular flexibility index (Phi) is 8.45. The largest absolute Gasteiger partial charge is 0.489 e. The average Bonchev–Trinajstić information content (AvgIpc) is 3.10. The summed E-state index contributed by atoms with van der Waals surface area (Å²) in [5.74, 6) is 2.51. The van der Waals surface area contributed by atoms with Gasteiger partial charge in [-0.3, -0.25) is 4.79 Å². The summed E-state index contributed by atoms with van der Waals surface area (Å²) in [4.78, 5) is 15.2. The number of thioether (sulfide) groups is 1. The van der Waals surface area contributed by atoms with Crippen molar-refractivity contribution >= 4 is 17.7 Å². The van der Waals surface area contributed by atoms with Gasteiger partial charge in [-0.15, -0.1) is 11.8 Å². The zero-order valence-corrected chi connectivity index (χ0v) is 23.6. The van der Waals surface area contributed by atoms with Crippen LogP contribution in [0.25, 0.3) is 0 Å². The van der Waals surface area contributed by atoms with Crippen LogP contribution in [0.15, 0.2) is 72.8 Å². The van der Waals surface area contributed by atoms with E-state index in [1.165, 1.54) is 56.2 Å². The standard InChI is InChI=1S/C33H39NO3S/c1-33(2,32(35)36-3)27-13-14-30-29(22-27)31(28-12-8-7-11-26(28)23-37-30)38-20-19-34-17-15-25(16-18-34)21-24-9-5-4-6-10-24/h4-14,22,25,31H,15-21,23H2,1-3H3. The van der Waals surface area contributed by atoms with E-state index in [4.69, 9.17) is 9.47 Å². The fraction of sp³-hybridized carbons (Fsp3) is 0.424.